The molecule has 4 nitrogen and oxygen atoms in total. The molecule has 1 aromatic carbocycles. The van der Waals surface area contributed by atoms with Crippen molar-refractivity contribution in [2.24, 2.45) is 0 Å². The van der Waals surface area contributed by atoms with Crippen molar-refractivity contribution < 1.29 is 9.13 Å². The van der Waals surface area contributed by atoms with Crippen LogP contribution in [0.2, 0.25) is 0 Å². The van der Waals surface area contributed by atoms with Gasteiger partial charge in [0.05, 0.1) is 24.7 Å². The molecule has 124 valence electrons. The molecule has 1 aliphatic carbocycles. The molecule has 0 bridgehead atoms. The van der Waals surface area contributed by atoms with E-state index in [2.05, 4.69) is 4.40 Å². The molecule has 1 fully saturated rings. The maximum atomic E-state index is 12.1. The van der Waals surface area contributed by atoms with Crippen molar-refractivity contribution in [3.05, 3.63) is 48.3 Å². The van der Waals surface area contributed by atoms with E-state index in [-0.39, 0.29) is 6.67 Å². The Labute approximate surface area is 140 Å². The first-order valence-electron chi connectivity index (χ1n) is 8.33. The van der Waals surface area contributed by atoms with Gasteiger partial charge in [-0.05, 0) is 43.2 Å². The summed E-state index contributed by atoms with van der Waals surface area (Å²) in [6.07, 6.45) is 4.83. The minimum absolute atomic E-state index is 0.354. The van der Waals surface area contributed by atoms with Gasteiger partial charge in [-0.2, -0.15) is 0 Å². The Balaban J connectivity index is 1.69. The summed E-state index contributed by atoms with van der Waals surface area (Å²) in [5.41, 5.74) is 10.8. The standard InChI is InChI=1S/C19H20FN3O/c20-9-1-11-24-16-6-4-13(5-7-16)18-19(14-2-3-14)23-10-8-15(21)12-17(23)22-18/h4-8,10,12,14H,1-3,9,11,21H2. The molecular formula is C19H20FN3O. The number of imidazole rings is 1. The number of benzene rings is 1. The molecule has 0 unspecified atom stereocenters. The summed E-state index contributed by atoms with van der Waals surface area (Å²) in [5, 5.41) is 0. The Hall–Kier alpha value is -2.56. The lowest BCUT2D eigenvalue weighted by molar-refractivity contribution is 0.289. The number of nitrogens with two attached hydrogens (primary N) is 1. The van der Waals surface area contributed by atoms with Crippen LogP contribution in [-0.4, -0.2) is 22.7 Å². The second kappa shape index (κ2) is 6.15. The van der Waals surface area contributed by atoms with Crippen molar-refractivity contribution in [3.8, 4) is 17.0 Å². The molecule has 5 heteroatoms. The molecule has 2 N–H and O–H groups in total. The van der Waals surface area contributed by atoms with Gasteiger partial charge in [-0.3, -0.25) is 4.39 Å². The number of anilines is 1. The van der Waals surface area contributed by atoms with Crippen LogP contribution < -0.4 is 10.5 Å². The first-order chi connectivity index (χ1) is 11.8. The molecule has 4 rings (SSSR count). The number of alkyl halides is 1. The van der Waals surface area contributed by atoms with E-state index in [1.54, 1.807) is 0 Å². The fraction of sp³-hybridized carbons (Fsp3) is 0.316. The van der Waals surface area contributed by atoms with Crippen LogP contribution in [0.4, 0.5) is 10.1 Å². The first kappa shape index (κ1) is 15.0. The van der Waals surface area contributed by atoms with Gasteiger partial charge in [-0.1, -0.05) is 0 Å². The highest BCUT2D eigenvalue weighted by Gasteiger charge is 2.30. The summed E-state index contributed by atoms with van der Waals surface area (Å²) in [7, 11) is 0. The maximum Gasteiger partial charge on any atom is 0.139 e. The summed E-state index contributed by atoms with van der Waals surface area (Å²) in [4.78, 5) is 4.80. The summed E-state index contributed by atoms with van der Waals surface area (Å²) >= 11 is 0. The second-order valence-electron chi connectivity index (χ2n) is 6.22. The van der Waals surface area contributed by atoms with Crippen molar-refractivity contribution in [2.75, 3.05) is 19.0 Å². The van der Waals surface area contributed by atoms with Crippen LogP contribution in [0.3, 0.4) is 0 Å². The first-order valence-corrected chi connectivity index (χ1v) is 8.33. The summed E-state index contributed by atoms with van der Waals surface area (Å²) in [5.74, 6) is 1.33. The number of nitrogen functional groups attached to an aromatic ring is 1. The van der Waals surface area contributed by atoms with Gasteiger partial charge in [0.15, 0.2) is 0 Å². The van der Waals surface area contributed by atoms with E-state index in [0.29, 0.717) is 18.9 Å². The molecule has 0 aliphatic heterocycles. The lowest BCUT2D eigenvalue weighted by atomic mass is 10.1. The van der Waals surface area contributed by atoms with Crippen LogP contribution in [0.25, 0.3) is 16.9 Å². The number of fused-ring (bicyclic) bond motifs is 1. The SMILES string of the molecule is Nc1ccn2c(C3CC3)c(-c3ccc(OCCCF)cc3)nc2c1. The third kappa shape index (κ3) is 2.82. The molecular weight excluding hydrogens is 305 g/mol. The molecule has 0 saturated heterocycles. The smallest absolute Gasteiger partial charge is 0.139 e. The topological polar surface area (TPSA) is 52.5 Å². The Morgan fingerprint density at radius 3 is 2.71 bits per heavy atom. The van der Waals surface area contributed by atoms with Gasteiger partial charge in [0.1, 0.15) is 11.4 Å². The van der Waals surface area contributed by atoms with Gasteiger partial charge in [-0.25, -0.2) is 4.98 Å². The largest absolute Gasteiger partial charge is 0.493 e. The second-order valence-corrected chi connectivity index (χ2v) is 6.22. The molecule has 24 heavy (non-hydrogen) atoms. The lowest BCUT2D eigenvalue weighted by Crippen LogP contribution is -1.98. The van der Waals surface area contributed by atoms with Crippen molar-refractivity contribution in [1.82, 2.24) is 9.38 Å². The zero-order chi connectivity index (χ0) is 16.5. The normalized spacial score (nSPS) is 14.2. The molecule has 3 aromatic rings. The number of hydrogen-bond acceptors (Lipinski definition) is 3. The Morgan fingerprint density at radius 2 is 2.00 bits per heavy atom. The van der Waals surface area contributed by atoms with Gasteiger partial charge >= 0.3 is 0 Å². The summed E-state index contributed by atoms with van der Waals surface area (Å²) in [6.45, 7) is 0.0457. The fourth-order valence-corrected chi connectivity index (χ4v) is 2.99. The molecule has 0 amide bonds. The average molecular weight is 325 g/mol. The Bertz CT molecular complexity index is 853. The highest BCUT2D eigenvalue weighted by molar-refractivity contribution is 5.69. The molecule has 0 spiro atoms. The zero-order valence-corrected chi connectivity index (χ0v) is 13.4. The number of rotatable bonds is 6. The van der Waals surface area contributed by atoms with E-state index in [0.717, 1.165) is 28.3 Å². The predicted molar refractivity (Wildman–Crippen MR) is 93.1 cm³/mol. The maximum absolute atomic E-state index is 12.1. The number of ether oxygens (including phenoxy) is 1. The number of aromatic nitrogens is 2. The number of hydrogen-bond donors (Lipinski definition) is 1. The summed E-state index contributed by atoms with van der Waals surface area (Å²) < 4.78 is 19.8. The lowest BCUT2D eigenvalue weighted by Gasteiger charge is -2.07. The van der Waals surface area contributed by atoms with Gasteiger partial charge in [0, 0.05) is 35.9 Å². The summed E-state index contributed by atoms with van der Waals surface area (Å²) in [6, 6.07) is 11.7. The number of pyridine rings is 1. The van der Waals surface area contributed by atoms with Gasteiger partial charge < -0.3 is 14.9 Å². The van der Waals surface area contributed by atoms with Crippen LogP contribution in [0.1, 0.15) is 30.9 Å². The molecule has 1 saturated carbocycles. The predicted octanol–water partition coefficient (Wildman–Crippen LogP) is 4.20. The van der Waals surface area contributed by atoms with Gasteiger partial charge in [-0.15, -0.1) is 0 Å². The molecule has 0 radical (unpaired) electrons. The third-order valence-corrected chi connectivity index (χ3v) is 4.33. The van der Waals surface area contributed by atoms with Crippen molar-refractivity contribution in [3.63, 3.8) is 0 Å². The minimum atomic E-state index is -0.354. The Morgan fingerprint density at radius 1 is 1.21 bits per heavy atom. The molecule has 0 atom stereocenters. The zero-order valence-electron chi connectivity index (χ0n) is 13.4. The molecule has 2 heterocycles. The van der Waals surface area contributed by atoms with E-state index >= 15 is 0 Å². The van der Waals surface area contributed by atoms with Crippen molar-refractivity contribution in [2.45, 2.75) is 25.2 Å². The molecule has 1 aliphatic rings. The van der Waals surface area contributed by atoms with Crippen LogP contribution in [0, 0.1) is 0 Å². The third-order valence-electron chi connectivity index (χ3n) is 4.33. The number of halogens is 1. The fourth-order valence-electron chi connectivity index (χ4n) is 2.99. The monoisotopic (exact) mass is 325 g/mol. The number of nitrogens with zero attached hydrogens (tertiary/aromatic N) is 2. The van der Waals surface area contributed by atoms with Crippen LogP contribution in [0.15, 0.2) is 42.6 Å². The van der Waals surface area contributed by atoms with Crippen LogP contribution in [-0.2, 0) is 0 Å². The van der Waals surface area contributed by atoms with Crippen LogP contribution in [0.5, 0.6) is 5.75 Å². The minimum Gasteiger partial charge on any atom is -0.493 e. The highest BCUT2D eigenvalue weighted by Crippen LogP contribution is 2.44. The van der Waals surface area contributed by atoms with E-state index in [4.69, 9.17) is 15.5 Å². The van der Waals surface area contributed by atoms with E-state index < -0.39 is 0 Å². The Kier molecular flexibility index (Phi) is 3.84. The average Bonchev–Trinajstić information content (AvgIpc) is 3.36. The van der Waals surface area contributed by atoms with Crippen molar-refractivity contribution in [1.29, 1.82) is 0 Å². The van der Waals surface area contributed by atoms with Gasteiger partial charge in [0.2, 0.25) is 0 Å². The van der Waals surface area contributed by atoms with Gasteiger partial charge in [0.25, 0.3) is 0 Å². The van der Waals surface area contributed by atoms with Crippen molar-refractivity contribution >= 4 is 11.3 Å². The highest BCUT2D eigenvalue weighted by atomic mass is 19.1. The van der Waals surface area contributed by atoms with E-state index in [1.807, 2.05) is 42.6 Å². The molecule has 2 aromatic heterocycles. The quantitative estimate of drug-likeness (QED) is 0.691. The van der Waals surface area contributed by atoms with E-state index in [1.165, 1.54) is 18.5 Å². The van der Waals surface area contributed by atoms with E-state index in [9.17, 15) is 4.39 Å². The van der Waals surface area contributed by atoms with Crippen LogP contribution >= 0.6 is 0 Å².